The summed E-state index contributed by atoms with van der Waals surface area (Å²) in [5.74, 6) is -0.760. The summed E-state index contributed by atoms with van der Waals surface area (Å²) in [6.07, 6.45) is 18.3. The summed E-state index contributed by atoms with van der Waals surface area (Å²) in [7, 11) is 0. The number of Topliss-reactive ketones (excluding diaryl/α,β-unsaturated/α-hetero) is 1. The average Bonchev–Trinajstić information content (AvgIpc) is 3.07. The van der Waals surface area contributed by atoms with Gasteiger partial charge in [0, 0.05) is 0 Å². The van der Waals surface area contributed by atoms with Gasteiger partial charge in [-0.2, -0.15) is 0 Å². The Morgan fingerprint density at radius 2 is 1.58 bits per heavy atom. The zero-order valence-corrected chi connectivity index (χ0v) is 16.2. The van der Waals surface area contributed by atoms with E-state index in [0.29, 0.717) is 6.42 Å². The SMILES string of the molecule is CCCCCC/C=C\CCCCCCCCC(O)C(=O)c1nnc(N)o1. The van der Waals surface area contributed by atoms with Gasteiger partial charge in [-0.25, -0.2) is 0 Å². The lowest BCUT2D eigenvalue weighted by atomic mass is 10.0. The van der Waals surface area contributed by atoms with Crippen molar-refractivity contribution in [2.24, 2.45) is 0 Å². The third kappa shape index (κ3) is 10.3. The number of hydrogen-bond acceptors (Lipinski definition) is 6. The summed E-state index contributed by atoms with van der Waals surface area (Å²) < 4.78 is 4.83. The maximum Gasteiger partial charge on any atom is 0.313 e. The average molecular weight is 366 g/mol. The third-order valence-corrected chi connectivity index (χ3v) is 4.44. The number of nitrogens with zero attached hydrogens (tertiary/aromatic N) is 2. The number of hydrogen-bond donors (Lipinski definition) is 2. The Kier molecular flexibility index (Phi) is 12.4. The Morgan fingerprint density at radius 3 is 2.15 bits per heavy atom. The molecule has 1 heterocycles. The smallest absolute Gasteiger partial charge is 0.313 e. The van der Waals surface area contributed by atoms with E-state index >= 15 is 0 Å². The van der Waals surface area contributed by atoms with E-state index in [1.165, 1.54) is 57.8 Å². The molecule has 0 radical (unpaired) electrons. The van der Waals surface area contributed by atoms with Gasteiger partial charge in [0.25, 0.3) is 5.89 Å². The van der Waals surface area contributed by atoms with E-state index in [-0.39, 0.29) is 11.9 Å². The standard InChI is InChI=1S/C20H35N3O3/c1-2-3-4-5-6-7-8-9-10-11-12-13-14-15-16-17(24)18(25)19-22-23-20(21)26-19/h7-8,17,24H,2-6,9-16H2,1H3,(H2,21,23)/b8-7-. The Labute approximate surface area is 157 Å². The van der Waals surface area contributed by atoms with Gasteiger partial charge in [0.15, 0.2) is 0 Å². The number of allylic oxidation sites excluding steroid dienone is 2. The van der Waals surface area contributed by atoms with Gasteiger partial charge in [0.2, 0.25) is 5.78 Å². The molecule has 1 unspecified atom stereocenters. The molecule has 3 N–H and O–H groups in total. The molecule has 0 aliphatic heterocycles. The van der Waals surface area contributed by atoms with Gasteiger partial charge in [0.1, 0.15) is 6.10 Å². The highest BCUT2D eigenvalue weighted by Crippen LogP contribution is 2.13. The van der Waals surface area contributed by atoms with Gasteiger partial charge < -0.3 is 15.3 Å². The quantitative estimate of drug-likeness (QED) is 0.247. The van der Waals surface area contributed by atoms with Crippen molar-refractivity contribution in [2.45, 2.75) is 96.5 Å². The lowest BCUT2D eigenvalue weighted by Crippen LogP contribution is -2.20. The Balaban J connectivity index is 1.91. The maximum absolute atomic E-state index is 11.8. The second-order valence-corrected chi connectivity index (χ2v) is 6.84. The molecule has 0 saturated heterocycles. The number of carbonyl (C=O) groups excluding carboxylic acids is 1. The molecular formula is C20H35N3O3. The fourth-order valence-electron chi connectivity index (χ4n) is 2.84. The van der Waals surface area contributed by atoms with E-state index in [1.807, 2.05) is 0 Å². The number of aromatic nitrogens is 2. The van der Waals surface area contributed by atoms with Crippen molar-refractivity contribution in [2.75, 3.05) is 5.73 Å². The lowest BCUT2D eigenvalue weighted by Gasteiger charge is -2.06. The Bertz CT molecular complexity index is 514. The molecule has 6 heteroatoms. The van der Waals surface area contributed by atoms with Crippen LogP contribution in [0.1, 0.15) is 101 Å². The highest BCUT2D eigenvalue weighted by molar-refractivity contribution is 5.95. The molecule has 148 valence electrons. The van der Waals surface area contributed by atoms with Gasteiger partial charge in [-0.1, -0.05) is 75.5 Å². The molecule has 0 aromatic carbocycles. The van der Waals surface area contributed by atoms with Crippen molar-refractivity contribution in [1.82, 2.24) is 10.2 Å². The van der Waals surface area contributed by atoms with Crippen LogP contribution < -0.4 is 5.73 Å². The predicted molar refractivity (Wildman–Crippen MR) is 104 cm³/mol. The number of rotatable bonds is 16. The van der Waals surface area contributed by atoms with Crippen molar-refractivity contribution < 1.29 is 14.3 Å². The van der Waals surface area contributed by atoms with E-state index in [0.717, 1.165) is 19.3 Å². The van der Waals surface area contributed by atoms with Crippen LogP contribution >= 0.6 is 0 Å². The highest BCUT2D eigenvalue weighted by Gasteiger charge is 2.22. The Hall–Kier alpha value is -1.69. The molecule has 6 nitrogen and oxygen atoms in total. The van der Waals surface area contributed by atoms with Crippen LogP contribution in [0.3, 0.4) is 0 Å². The van der Waals surface area contributed by atoms with Crippen LogP contribution in [0, 0.1) is 0 Å². The van der Waals surface area contributed by atoms with Crippen molar-refractivity contribution in [3.63, 3.8) is 0 Å². The summed E-state index contributed by atoms with van der Waals surface area (Å²) in [6.45, 7) is 2.24. The first-order valence-corrected chi connectivity index (χ1v) is 10.1. The molecular weight excluding hydrogens is 330 g/mol. The van der Waals surface area contributed by atoms with Crippen LogP contribution in [-0.2, 0) is 0 Å². The number of nitrogens with two attached hydrogens (primary N) is 1. The van der Waals surface area contributed by atoms with Crippen molar-refractivity contribution in [1.29, 1.82) is 0 Å². The molecule has 26 heavy (non-hydrogen) atoms. The maximum atomic E-state index is 11.8. The summed E-state index contributed by atoms with van der Waals surface area (Å²) >= 11 is 0. The molecule has 1 rings (SSSR count). The number of anilines is 1. The molecule has 0 aliphatic carbocycles. The zero-order chi connectivity index (χ0) is 19.0. The van der Waals surface area contributed by atoms with Crippen LogP contribution in [0.4, 0.5) is 6.01 Å². The summed E-state index contributed by atoms with van der Waals surface area (Å²) in [6, 6.07) is -0.160. The highest BCUT2D eigenvalue weighted by atomic mass is 16.4. The molecule has 1 atom stereocenters. The zero-order valence-electron chi connectivity index (χ0n) is 16.2. The summed E-state index contributed by atoms with van der Waals surface area (Å²) in [5.41, 5.74) is 5.27. The second kappa shape index (κ2) is 14.5. The molecule has 0 fully saturated rings. The minimum atomic E-state index is -1.09. The van der Waals surface area contributed by atoms with Crippen molar-refractivity contribution in [3.8, 4) is 0 Å². The number of aliphatic hydroxyl groups excluding tert-OH is 1. The second-order valence-electron chi connectivity index (χ2n) is 6.84. The molecule has 1 aromatic rings. The molecule has 0 spiro atoms. The number of aliphatic hydroxyl groups is 1. The van der Waals surface area contributed by atoms with Crippen LogP contribution in [0.5, 0.6) is 0 Å². The normalized spacial score (nSPS) is 12.7. The number of carbonyl (C=O) groups is 1. The van der Waals surface area contributed by atoms with E-state index < -0.39 is 11.9 Å². The van der Waals surface area contributed by atoms with Gasteiger partial charge in [-0.15, -0.1) is 5.10 Å². The van der Waals surface area contributed by atoms with Crippen LogP contribution in [0.2, 0.25) is 0 Å². The molecule has 0 bridgehead atoms. The van der Waals surface area contributed by atoms with E-state index in [2.05, 4.69) is 29.3 Å². The molecule has 0 saturated carbocycles. The fraction of sp³-hybridized carbons (Fsp3) is 0.750. The monoisotopic (exact) mass is 365 g/mol. The largest absolute Gasteiger partial charge is 0.400 e. The number of ketones is 1. The first kappa shape index (κ1) is 22.4. The number of unbranched alkanes of at least 4 members (excludes halogenated alkanes) is 10. The van der Waals surface area contributed by atoms with Crippen LogP contribution in [0.25, 0.3) is 0 Å². The lowest BCUT2D eigenvalue weighted by molar-refractivity contribution is 0.0689. The van der Waals surface area contributed by atoms with Crippen molar-refractivity contribution in [3.05, 3.63) is 18.0 Å². The van der Waals surface area contributed by atoms with Gasteiger partial charge in [-0.05, 0) is 32.1 Å². The van der Waals surface area contributed by atoms with Crippen LogP contribution in [-0.4, -0.2) is 27.2 Å². The van der Waals surface area contributed by atoms with Crippen LogP contribution in [0.15, 0.2) is 16.6 Å². The summed E-state index contributed by atoms with van der Waals surface area (Å²) in [4.78, 5) is 11.8. The summed E-state index contributed by atoms with van der Waals surface area (Å²) in [5, 5.41) is 16.8. The molecule has 0 amide bonds. The minimum absolute atomic E-state index is 0.160. The third-order valence-electron chi connectivity index (χ3n) is 4.44. The minimum Gasteiger partial charge on any atom is -0.400 e. The van der Waals surface area contributed by atoms with E-state index in [4.69, 9.17) is 10.2 Å². The van der Waals surface area contributed by atoms with E-state index in [1.54, 1.807) is 0 Å². The fourth-order valence-corrected chi connectivity index (χ4v) is 2.84. The number of nitrogen functional groups attached to an aromatic ring is 1. The first-order chi connectivity index (χ1) is 12.6. The van der Waals surface area contributed by atoms with E-state index in [9.17, 15) is 9.90 Å². The van der Waals surface area contributed by atoms with Gasteiger partial charge >= 0.3 is 6.01 Å². The molecule has 0 aliphatic rings. The predicted octanol–water partition coefficient (Wildman–Crippen LogP) is 4.84. The first-order valence-electron chi connectivity index (χ1n) is 10.1. The topological polar surface area (TPSA) is 102 Å². The Morgan fingerprint density at radius 1 is 1.00 bits per heavy atom. The van der Waals surface area contributed by atoms with Gasteiger partial charge in [-0.3, -0.25) is 4.79 Å². The molecule has 1 aromatic heterocycles. The van der Waals surface area contributed by atoms with Crippen molar-refractivity contribution >= 4 is 11.8 Å². The van der Waals surface area contributed by atoms with Gasteiger partial charge in [0.05, 0.1) is 0 Å².